The lowest BCUT2D eigenvalue weighted by Gasteiger charge is -2.35. The van der Waals surface area contributed by atoms with E-state index in [0.29, 0.717) is 33.7 Å². The lowest BCUT2D eigenvalue weighted by Crippen LogP contribution is -2.36. The van der Waals surface area contributed by atoms with Crippen LogP contribution in [0.4, 0.5) is 22.7 Å². The Labute approximate surface area is 235 Å². The molecule has 0 aromatic heterocycles. The standard InChI is InChI=1S/C28H36N4O6S2/c1-39(35,36)32-24-4-2-3-21(24)22-7-5-19(17-26(22)32)29-27(34)23-8-6-20(30-40(37,38)16-15-33)18-25(23)31-13-11-28(9-10-28)12-14-31/h5-8,17-18,21,24,30,33H,2-4,9-16H2,1H3,(H,29,34). The fourth-order valence-electron chi connectivity index (χ4n) is 6.81. The normalized spacial score (nSPS) is 23.1. The number of nitrogens with one attached hydrogen (secondary N) is 2. The number of carbonyl (C=O) groups is 1. The average Bonchev–Trinajstić information content (AvgIpc) is 3.33. The molecule has 216 valence electrons. The van der Waals surface area contributed by atoms with Crippen LogP contribution in [0.1, 0.15) is 66.8 Å². The van der Waals surface area contributed by atoms with Crippen LogP contribution in [0.25, 0.3) is 0 Å². The summed E-state index contributed by atoms with van der Waals surface area (Å²) in [6.07, 6.45) is 8.53. The molecule has 1 amide bonds. The van der Waals surface area contributed by atoms with Gasteiger partial charge in [-0.2, -0.15) is 0 Å². The van der Waals surface area contributed by atoms with Crippen LogP contribution in [-0.2, 0) is 20.0 Å². The zero-order valence-corrected chi connectivity index (χ0v) is 24.2. The summed E-state index contributed by atoms with van der Waals surface area (Å²) in [6.45, 7) is 1.06. The van der Waals surface area contributed by atoms with Crippen molar-refractivity contribution in [1.29, 1.82) is 0 Å². The van der Waals surface area contributed by atoms with Gasteiger partial charge in [0.25, 0.3) is 5.91 Å². The molecule has 6 rings (SSSR count). The van der Waals surface area contributed by atoms with Crippen molar-refractivity contribution in [2.75, 3.05) is 50.9 Å². The zero-order chi connectivity index (χ0) is 28.3. The molecule has 2 aromatic rings. The molecule has 2 aliphatic carbocycles. The third-order valence-electron chi connectivity index (χ3n) is 9.06. The van der Waals surface area contributed by atoms with E-state index in [4.69, 9.17) is 5.11 Å². The SMILES string of the molecule is CS(=O)(=O)N1c2cc(NC(=O)c3ccc(NS(=O)(=O)CCO)cc3N3CCC4(CC3)CC4)ccc2C2CCCC21. The minimum absolute atomic E-state index is 0.0708. The lowest BCUT2D eigenvalue weighted by molar-refractivity contribution is 0.102. The van der Waals surface area contributed by atoms with Crippen molar-refractivity contribution in [3.05, 3.63) is 47.5 Å². The molecule has 2 atom stereocenters. The molecule has 2 aliphatic heterocycles. The maximum atomic E-state index is 13.6. The predicted octanol–water partition coefficient (Wildman–Crippen LogP) is 3.47. The van der Waals surface area contributed by atoms with Crippen LogP contribution in [-0.4, -0.2) is 65.6 Å². The summed E-state index contributed by atoms with van der Waals surface area (Å²) in [5.74, 6) is -0.589. The van der Waals surface area contributed by atoms with Crippen molar-refractivity contribution in [2.45, 2.75) is 56.9 Å². The molecular weight excluding hydrogens is 552 g/mol. The number of rotatable bonds is 8. The highest BCUT2D eigenvalue weighted by atomic mass is 32.2. The van der Waals surface area contributed by atoms with Crippen LogP contribution in [0, 0.1) is 5.41 Å². The maximum Gasteiger partial charge on any atom is 0.257 e. The quantitative estimate of drug-likeness (QED) is 0.430. The van der Waals surface area contributed by atoms with Gasteiger partial charge in [0.1, 0.15) is 0 Å². The van der Waals surface area contributed by atoms with Gasteiger partial charge in [-0.1, -0.05) is 12.5 Å². The summed E-state index contributed by atoms with van der Waals surface area (Å²) in [5.41, 5.74) is 3.96. The van der Waals surface area contributed by atoms with Gasteiger partial charge < -0.3 is 15.3 Å². The smallest absolute Gasteiger partial charge is 0.257 e. The van der Waals surface area contributed by atoms with E-state index < -0.39 is 32.4 Å². The minimum atomic E-state index is -3.73. The molecule has 4 aliphatic rings. The first-order valence-corrected chi connectivity index (χ1v) is 17.4. The topological polar surface area (TPSA) is 136 Å². The molecule has 2 saturated carbocycles. The van der Waals surface area contributed by atoms with E-state index in [1.54, 1.807) is 24.3 Å². The fraction of sp³-hybridized carbons (Fsp3) is 0.536. The summed E-state index contributed by atoms with van der Waals surface area (Å²) in [5, 5.41) is 12.1. The second-order valence-electron chi connectivity index (χ2n) is 11.8. The number of carbonyl (C=O) groups excluding carboxylic acids is 1. The van der Waals surface area contributed by atoms with Gasteiger partial charge in [-0.05, 0) is 79.8 Å². The molecule has 2 unspecified atom stereocenters. The number of hydrogen-bond donors (Lipinski definition) is 3. The van der Waals surface area contributed by atoms with Gasteiger partial charge in [0.15, 0.2) is 0 Å². The Morgan fingerprint density at radius 3 is 2.35 bits per heavy atom. The summed E-state index contributed by atoms with van der Waals surface area (Å²) in [6, 6.07) is 10.3. The van der Waals surface area contributed by atoms with Gasteiger partial charge in [0.2, 0.25) is 20.0 Å². The van der Waals surface area contributed by atoms with Crippen molar-refractivity contribution in [3.63, 3.8) is 0 Å². The predicted molar refractivity (Wildman–Crippen MR) is 156 cm³/mol. The zero-order valence-electron chi connectivity index (χ0n) is 22.6. The van der Waals surface area contributed by atoms with Crippen molar-refractivity contribution in [2.24, 2.45) is 5.41 Å². The Bertz CT molecular complexity index is 1540. The second kappa shape index (κ2) is 9.92. The Morgan fingerprint density at radius 2 is 1.68 bits per heavy atom. The molecule has 2 aromatic carbocycles. The number of aliphatic hydroxyl groups is 1. The van der Waals surface area contributed by atoms with E-state index in [2.05, 4.69) is 14.9 Å². The third kappa shape index (κ3) is 5.16. The Hall–Kier alpha value is -2.83. The molecule has 0 bridgehead atoms. The van der Waals surface area contributed by atoms with Crippen LogP contribution in [0.5, 0.6) is 0 Å². The maximum absolute atomic E-state index is 13.6. The van der Waals surface area contributed by atoms with Crippen molar-refractivity contribution in [3.8, 4) is 0 Å². The molecule has 10 nitrogen and oxygen atoms in total. The van der Waals surface area contributed by atoms with Gasteiger partial charge in [0, 0.05) is 24.7 Å². The van der Waals surface area contributed by atoms with Gasteiger partial charge in [-0.3, -0.25) is 13.8 Å². The molecule has 0 radical (unpaired) electrons. The number of amides is 1. The van der Waals surface area contributed by atoms with E-state index in [0.717, 1.165) is 50.8 Å². The average molecular weight is 589 g/mol. The molecular formula is C28H36N4O6S2. The van der Waals surface area contributed by atoms with Gasteiger partial charge in [0.05, 0.1) is 47.3 Å². The molecule has 1 saturated heterocycles. The third-order valence-corrected chi connectivity index (χ3v) is 11.5. The number of aliphatic hydroxyl groups excluding tert-OH is 1. The number of benzene rings is 2. The number of piperidine rings is 1. The van der Waals surface area contributed by atoms with Crippen molar-refractivity contribution >= 4 is 48.7 Å². The van der Waals surface area contributed by atoms with Crippen LogP contribution in [0.2, 0.25) is 0 Å². The minimum Gasteiger partial charge on any atom is -0.395 e. The number of fused-ring (bicyclic) bond motifs is 3. The summed E-state index contributed by atoms with van der Waals surface area (Å²) >= 11 is 0. The molecule has 40 heavy (non-hydrogen) atoms. The molecule has 3 N–H and O–H groups in total. The number of hydrogen-bond acceptors (Lipinski definition) is 7. The molecule has 2 heterocycles. The van der Waals surface area contributed by atoms with Crippen LogP contribution in [0.15, 0.2) is 36.4 Å². The van der Waals surface area contributed by atoms with E-state index in [1.807, 2.05) is 12.1 Å². The highest BCUT2D eigenvalue weighted by Crippen LogP contribution is 2.54. The van der Waals surface area contributed by atoms with E-state index >= 15 is 0 Å². The summed E-state index contributed by atoms with van der Waals surface area (Å²) < 4.78 is 54.0. The van der Waals surface area contributed by atoms with E-state index in [1.165, 1.54) is 23.4 Å². The first kappa shape index (κ1) is 27.3. The first-order chi connectivity index (χ1) is 19.0. The first-order valence-electron chi connectivity index (χ1n) is 13.9. The summed E-state index contributed by atoms with van der Waals surface area (Å²) in [7, 11) is -7.20. The van der Waals surface area contributed by atoms with E-state index in [9.17, 15) is 21.6 Å². The van der Waals surface area contributed by atoms with Gasteiger partial charge in [-0.25, -0.2) is 16.8 Å². The van der Waals surface area contributed by atoms with Crippen molar-refractivity contribution in [1.82, 2.24) is 0 Å². The van der Waals surface area contributed by atoms with Crippen LogP contribution < -0.4 is 19.2 Å². The molecule has 3 fully saturated rings. The van der Waals surface area contributed by atoms with E-state index in [-0.39, 0.29) is 17.9 Å². The Kier molecular flexibility index (Phi) is 6.78. The second-order valence-corrected chi connectivity index (χ2v) is 15.5. The Morgan fingerprint density at radius 1 is 0.975 bits per heavy atom. The number of nitrogens with zero attached hydrogens (tertiary/aromatic N) is 2. The largest absolute Gasteiger partial charge is 0.395 e. The van der Waals surface area contributed by atoms with Gasteiger partial charge in [-0.15, -0.1) is 0 Å². The van der Waals surface area contributed by atoms with Crippen molar-refractivity contribution < 1.29 is 26.7 Å². The molecule has 12 heteroatoms. The monoisotopic (exact) mass is 588 g/mol. The van der Waals surface area contributed by atoms with Crippen LogP contribution >= 0.6 is 0 Å². The number of sulfonamides is 2. The lowest BCUT2D eigenvalue weighted by atomic mass is 9.93. The summed E-state index contributed by atoms with van der Waals surface area (Å²) in [4.78, 5) is 15.8. The Balaban J connectivity index is 1.29. The van der Waals surface area contributed by atoms with Gasteiger partial charge >= 0.3 is 0 Å². The highest BCUT2D eigenvalue weighted by molar-refractivity contribution is 7.92. The molecule has 1 spiro atoms. The fourth-order valence-corrected chi connectivity index (χ4v) is 8.90. The highest BCUT2D eigenvalue weighted by Gasteiger charge is 2.46. The van der Waals surface area contributed by atoms with Crippen LogP contribution in [0.3, 0.4) is 0 Å². The number of anilines is 4.